The molecule has 0 saturated carbocycles. The summed E-state index contributed by atoms with van der Waals surface area (Å²) >= 11 is 1.26. The van der Waals surface area contributed by atoms with E-state index in [2.05, 4.69) is 0 Å². The molecule has 0 N–H and O–H groups in total. The third-order valence-electron chi connectivity index (χ3n) is 4.38. The lowest BCUT2D eigenvalue weighted by Gasteiger charge is -2.15. The Morgan fingerprint density at radius 1 is 0.893 bits per heavy atom. The highest BCUT2D eigenvalue weighted by molar-refractivity contribution is 8.03. The predicted octanol–water partition coefficient (Wildman–Crippen LogP) is 4.63. The molecule has 0 spiro atoms. The first-order chi connectivity index (χ1) is 13.6. The van der Waals surface area contributed by atoms with Crippen molar-refractivity contribution in [2.24, 2.45) is 0 Å². The highest BCUT2D eigenvalue weighted by atomic mass is 32.2. The first-order valence-electron chi connectivity index (χ1n) is 8.69. The van der Waals surface area contributed by atoms with Crippen LogP contribution in [0.3, 0.4) is 0 Å². The van der Waals surface area contributed by atoms with Crippen molar-refractivity contribution in [3.8, 4) is 0 Å². The lowest BCUT2D eigenvalue weighted by atomic mass is 10.1. The first kappa shape index (κ1) is 18.3. The largest absolute Gasteiger partial charge is 0.468 e. The van der Waals surface area contributed by atoms with Gasteiger partial charge in [0.25, 0.3) is 11.8 Å². The SMILES string of the molecule is O=C1C(SCc2ccco2)=C(c2ccc(F)cc2)C(=O)N1Cc1ccccc1. The van der Waals surface area contributed by atoms with Crippen LogP contribution in [-0.2, 0) is 21.9 Å². The van der Waals surface area contributed by atoms with Crippen LogP contribution in [0.5, 0.6) is 0 Å². The quantitative estimate of drug-likeness (QED) is 0.573. The van der Waals surface area contributed by atoms with Gasteiger partial charge >= 0.3 is 0 Å². The van der Waals surface area contributed by atoms with Crippen molar-refractivity contribution in [1.29, 1.82) is 0 Å². The highest BCUT2D eigenvalue weighted by Crippen LogP contribution is 2.38. The molecule has 0 bridgehead atoms. The van der Waals surface area contributed by atoms with Crippen molar-refractivity contribution in [2.45, 2.75) is 12.3 Å². The summed E-state index contributed by atoms with van der Waals surface area (Å²) < 4.78 is 18.7. The van der Waals surface area contributed by atoms with Crippen LogP contribution in [0.15, 0.2) is 82.3 Å². The molecule has 0 saturated heterocycles. The summed E-state index contributed by atoms with van der Waals surface area (Å²) in [7, 11) is 0. The van der Waals surface area contributed by atoms with E-state index in [4.69, 9.17) is 4.42 Å². The molecule has 6 heteroatoms. The number of hydrogen-bond donors (Lipinski definition) is 0. The van der Waals surface area contributed by atoms with Gasteiger partial charge in [-0.15, -0.1) is 11.8 Å². The number of benzene rings is 2. The van der Waals surface area contributed by atoms with E-state index in [0.717, 1.165) is 5.56 Å². The molecule has 4 rings (SSSR count). The van der Waals surface area contributed by atoms with E-state index in [-0.39, 0.29) is 18.4 Å². The molecule has 140 valence electrons. The first-order valence-corrected chi connectivity index (χ1v) is 9.67. The maximum Gasteiger partial charge on any atom is 0.268 e. The number of hydrogen-bond acceptors (Lipinski definition) is 4. The molecule has 0 atom stereocenters. The van der Waals surface area contributed by atoms with Gasteiger partial charge in [0, 0.05) is 0 Å². The third kappa shape index (κ3) is 3.64. The number of furan rings is 1. The molecule has 1 aliphatic heterocycles. The second kappa shape index (κ2) is 7.86. The summed E-state index contributed by atoms with van der Waals surface area (Å²) in [6, 6.07) is 18.5. The standard InChI is InChI=1S/C22H16FNO3S/c23-17-10-8-16(9-11-17)19-20(28-14-18-7-4-12-27-18)22(26)24(21(19)25)13-15-5-2-1-3-6-15/h1-12H,13-14H2. The Hall–Kier alpha value is -3.12. The molecule has 28 heavy (non-hydrogen) atoms. The van der Waals surface area contributed by atoms with E-state index < -0.39 is 5.82 Å². The summed E-state index contributed by atoms with van der Waals surface area (Å²) in [6.45, 7) is 0.189. The molecule has 0 radical (unpaired) electrons. The zero-order chi connectivity index (χ0) is 19.5. The number of nitrogens with zero attached hydrogens (tertiary/aromatic N) is 1. The van der Waals surface area contributed by atoms with Crippen LogP contribution in [0, 0.1) is 5.82 Å². The number of carbonyl (C=O) groups excluding carboxylic acids is 2. The van der Waals surface area contributed by atoms with Crippen molar-refractivity contribution < 1.29 is 18.4 Å². The Bertz CT molecular complexity index is 1030. The normalized spacial score (nSPS) is 14.2. The van der Waals surface area contributed by atoms with E-state index in [0.29, 0.717) is 27.6 Å². The fourth-order valence-corrected chi connectivity index (χ4v) is 4.04. The van der Waals surface area contributed by atoms with Gasteiger partial charge in [-0.05, 0) is 35.4 Å². The van der Waals surface area contributed by atoms with Crippen molar-refractivity contribution in [2.75, 3.05) is 0 Å². The Kier molecular flexibility index (Phi) is 5.12. The number of carbonyl (C=O) groups is 2. The molecule has 2 amide bonds. The Labute approximate surface area is 165 Å². The van der Waals surface area contributed by atoms with Gasteiger partial charge in [-0.3, -0.25) is 14.5 Å². The lowest BCUT2D eigenvalue weighted by Crippen LogP contribution is -2.30. The Morgan fingerprint density at radius 3 is 2.32 bits per heavy atom. The lowest BCUT2D eigenvalue weighted by molar-refractivity contribution is -0.137. The van der Waals surface area contributed by atoms with Gasteiger partial charge in [-0.25, -0.2) is 4.39 Å². The van der Waals surface area contributed by atoms with Crippen molar-refractivity contribution >= 4 is 29.1 Å². The molecule has 4 nitrogen and oxygen atoms in total. The van der Waals surface area contributed by atoms with Crippen molar-refractivity contribution in [3.63, 3.8) is 0 Å². The molecule has 1 aromatic heterocycles. The van der Waals surface area contributed by atoms with E-state index in [1.807, 2.05) is 36.4 Å². The smallest absolute Gasteiger partial charge is 0.268 e. The van der Waals surface area contributed by atoms with Crippen molar-refractivity contribution in [3.05, 3.63) is 101 Å². The van der Waals surface area contributed by atoms with Gasteiger partial charge in [-0.1, -0.05) is 42.5 Å². The average Bonchev–Trinajstić information content (AvgIpc) is 3.30. The van der Waals surface area contributed by atoms with Crippen LogP contribution >= 0.6 is 11.8 Å². The van der Waals surface area contributed by atoms with Gasteiger partial charge in [0.15, 0.2) is 0 Å². The molecule has 1 aliphatic rings. The monoisotopic (exact) mass is 393 g/mol. The van der Waals surface area contributed by atoms with E-state index in [1.54, 1.807) is 12.3 Å². The molecule has 3 aromatic rings. The summed E-state index contributed by atoms with van der Waals surface area (Å²) in [4.78, 5) is 27.7. The average molecular weight is 393 g/mol. The van der Waals surface area contributed by atoms with E-state index in [9.17, 15) is 14.0 Å². The predicted molar refractivity (Wildman–Crippen MR) is 105 cm³/mol. The molecule has 2 aromatic carbocycles. The number of halogens is 1. The van der Waals surface area contributed by atoms with E-state index in [1.165, 1.54) is 40.9 Å². The Morgan fingerprint density at radius 2 is 1.64 bits per heavy atom. The zero-order valence-corrected chi connectivity index (χ0v) is 15.6. The molecule has 0 fully saturated rings. The Balaban J connectivity index is 1.67. The van der Waals surface area contributed by atoms with Crippen LogP contribution in [0.25, 0.3) is 5.57 Å². The fraction of sp³-hybridized carbons (Fsp3) is 0.0909. The van der Waals surface area contributed by atoms with Crippen LogP contribution in [0.1, 0.15) is 16.9 Å². The van der Waals surface area contributed by atoms with Crippen molar-refractivity contribution in [1.82, 2.24) is 4.90 Å². The minimum absolute atomic E-state index is 0.189. The van der Waals surface area contributed by atoms with Crippen LogP contribution in [0.4, 0.5) is 4.39 Å². The van der Waals surface area contributed by atoms with Crippen LogP contribution in [-0.4, -0.2) is 16.7 Å². The summed E-state index contributed by atoms with van der Waals surface area (Å²) in [5.74, 6) is 0.0162. The van der Waals surface area contributed by atoms with Gasteiger partial charge < -0.3 is 4.42 Å². The number of imide groups is 1. The number of thioether (sulfide) groups is 1. The second-order valence-electron chi connectivity index (χ2n) is 6.26. The third-order valence-corrected chi connectivity index (χ3v) is 5.48. The minimum Gasteiger partial charge on any atom is -0.468 e. The van der Waals surface area contributed by atoms with Gasteiger partial charge in [0.2, 0.25) is 0 Å². The minimum atomic E-state index is -0.396. The maximum absolute atomic E-state index is 13.3. The molecule has 2 heterocycles. The topological polar surface area (TPSA) is 50.5 Å². The zero-order valence-electron chi connectivity index (χ0n) is 14.8. The van der Waals surface area contributed by atoms with E-state index >= 15 is 0 Å². The molecule has 0 unspecified atom stereocenters. The second-order valence-corrected chi connectivity index (χ2v) is 7.25. The van der Waals surface area contributed by atoms with Crippen LogP contribution in [0.2, 0.25) is 0 Å². The van der Waals surface area contributed by atoms with Gasteiger partial charge in [0.1, 0.15) is 11.6 Å². The molecular formula is C22H16FNO3S. The fourth-order valence-electron chi connectivity index (χ4n) is 3.01. The number of amides is 2. The summed E-state index contributed by atoms with van der Waals surface area (Å²) in [5, 5.41) is 0. The van der Waals surface area contributed by atoms with Crippen LogP contribution < -0.4 is 0 Å². The number of rotatable bonds is 6. The summed E-state index contributed by atoms with van der Waals surface area (Å²) in [6.07, 6.45) is 1.56. The van der Waals surface area contributed by atoms with Gasteiger partial charge in [0.05, 0.1) is 29.0 Å². The van der Waals surface area contributed by atoms with Gasteiger partial charge in [-0.2, -0.15) is 0 Å². The highest BCUT2D eigenvalue weighted by Gasteiger charge is 2.39. The molecule has 0 aliphatic carbocycles. The maximum atomic E-state index is 13.3. The molecular weight excluding hydrogens is 377 g/mol. The summed E-state index contributed by atoms with van der Waals surface area (Å²) in [5.41, 5.74) is 1.69.